The Balaban J connectivity index is 1.71. The highest BCUT2D eigenvalue weighted by atomic mass is 16.5. The third kappa shape index (κ3) is 3.70. The van der Waals surface area contributed by atoms with E-state index in [2.05, 4.69) is 15.5 Å². The molecule has 0 spiro atoms. The molecule has 2 heterocycles. The molecular formula is C23H19N3O4. The molecule has 2 aromatic carbocycles. The molecule has 2 N–H and O–H groups in total. The number of carbonyl (C=O) groups is 1. The van der Waals surface area contributed by atoms with Crippen molar-refractivity contribution in [1.82, 2.24) is 10.1 Å². The van der Waals surface area contributed by atoms with Crippen LogP contribution >= 0.6 is 0 Å². The van der Waals surface area contributed by atoms with Crippen LogP contribution in [0.25, 0.3) is 10.8 Å². The van der Waals surface area contributed by atoms with E-state index in [1.807, 2.05) is 30.3 Å². The molecule has 150 valence electrons. The molecule has 0 saturated carbocycles. The molecule has 0 fully saturated rings. The molecule has 4 rings (SSSR count). The zero-order valence-corrected chi connectivity index (χ0v) is 16.2. The lowest BCUT2D eigenvalue weighted by molar-refractivity contribution is -0.135. The van der Waals surface area contributed by atoms with Crippen LogP contribution < -0.4 is 10.9 Å². The van der Waals surface area contributed by atoms with E-state index in [0.717, 1.165) is 5.56 Å². The molecule has 1 atom stereocenters. The minimum Gasteiger partial charge on any atom is -0.375 e. The fourth-order valence-electron chi connectivity index (χ4n) is 3.35. The molecule has 2 aromatic heterocycles. The average Bonchev–Trinajstić information content (AvgIpc) is 2.77. The van der Waals surface area contributed by atoms with Gasteiger partial charge in [0, 0.05) is 35.5 Å². The highest BCUT2D eigenvalue weighted by Gasteiger charge is 2.38. The number of aromatic nitrogens is 2. The molecule has 0 aliphatic carbocycles. The molecule has 7 nitrogen and oxygen atoms in total. The number of benzene rings is 2. The highest BCUT2D eigenvalue weighted by molar-refractivity contribution is 5.99. The van der Waals surface area contributed by atoms with Crippen molar-refractivity contribution < 1.29 is 14.4 Å². The first-order valence-electron chi connectivity index (χ1n) is 9.36. The van der Waals surface area contributed by atoms with Gasteiger partial charge in [-0.15, -0.1) is 0 Å². The number of rotatable bonds is 5. The predicted octanol–water partition coefficient (Wildman–Crippen LogP) is 2.96. The Morgan fingerprint density at radius 2 is 1.90 bits per heavy atom. The summed E-state index contributed by atoms with van der Waals surface area (Å²) in [6.45, 7) is 1.71. The number of pyridine rings is 1. The first-order valence-corrected chi connectivity index (χ1v) is 9.36. The van der Waals surface area contributed by atoms with E-state index in [0.29, 0.717) is 27.7 Å². The quantitative estimate of drug-likeness (QED) is 0.533. The van der Waals surface area contributed by atoms with E-state index in [1.54, 1.807) is 43.5 Å². The van der Waals surface area contributed by atoms with Crippen LogP contribution in [0.5, 0.6) is 0 Å². The van der Waals surface area contributed by atoms with Crippen molar-refractivity contribution in [2.24, 2.45) is 0 Å². The molecule has 7 heteroatoms. The van der Waals surface area contributed by atoms with Crippen LogP contribution in [0, 0.1) is 6.92 Å². The van der Waals surface area contributed by atoms with E-state index in [-0.39, 0.29) is 6.42 Å². The number of hydrogen-bond acceptors (Lipinski definition) is 6. The second kappa shape index (κ2) is 7.88. The van der Waals surface area contributed by atoms with Crippen LogP contribution in [0.15, 0.2) is 82.4 Å². The first kappa shape index (κ1) is 19.5. The van der Waals surface area contributed by atoms with Gasteiger partial charge in [-0.05, 0) is 36.8 Å². The topological polar surface area (TPSA) is 105 Å². The summed E-state index contributed by atoms with van der Waals surface area (Å²) >= 11 is 0. The van der Waals surface area contributed by atoms with E-state index in [1.165, 1.54) is 6.20 Å². The Bertz CT molecular complexity index is 1260. The molecule has 1 unspecified atom stereocenters. The van der Waals surface area contributed by atoms with Gasteiger partial charge in [-0.1, -0.05) is 41.6 Å². The molecule has 0 aliphatic heterocycles. The Morgan fingerprint density at radius 1 is 1.10 bits per heavy atom. The van der Waals surface area contributed by atoms with Crippen molar-refractivity contribution in [2.45, 2.75) is 18.9 Å². The number of carbonyl (C=O) groups excluding carboxylic acids is 1. The van der Waals surface area contributed by atoms with E-state index in [9.17, 15) is 14.7 Å². The van der Waals surface area contributed by atoms with Gasteiger partial charge in [-0.25, -0.2) is 4.79 Å². The lowest BCUT2D eigenvalue weighted by atomic mass is 9.87. The monoisotopic (exact) mass is 401 g/mol. The number of nitrogens with zero attached hydrogens (tertiary/aromatic N) is 2. The molecule has 4 aromatic rings. The van der Waals surface area contributed by atoms with Crippen molar-refractivity contribution in [3.63, 3.8) is 0 Å². The highest BCUT2D eigenvalue weighted by Crippen LogP contribution is 2.28. The van der Waals surface area contributed by atoms with Gasteiger partial charge in [-0.2, -0.15) is 0 Å². The number of nitrogens with one attached hydrogen (secondary N) is 1. The number of aryl methyl sites for hydroxylation is 1. The van der Waals surface area contributed by atoms with Gasteiger partial charge >= 0.3 is 5.63 Å². The largest absolute Gasteiger partial charge is 0.375 e. The Hall–Kier alpha value is -3.84. The van der Waals surface area contributed by atoms with Crippen molar-refractivity contribution >= 4 is 22.4 Å². The summed E-state index contributed by atoms with van der Waals surface area (Å²) in [5.41, 5.74) is -0.260. The fourth-order valence-corrected chi connectivity index (χ4v) is 3.35. The summed E-state index contributed by atoms with van der Waals surface area (Å²) in [6, 6.07) is 17.4. The smallest absolute Gasteiger partial charge is 0.366 e. The summed E-state index contributed by atoms with van der Waals surface area (Å²) in [7, 11) is 0. The average molecular weight is 401 g/mol. The summed E-state index contributed by atoms with van der Waals surface area (Å²) in [4.78, 5) is 29.1. The Labute approximate surface area is 172 Å². The maximum Gasteiger partial charge on any atom is 0.366 e. The van der Waals surface area contributed by atoms with Crippen LogP contribution in [-0.4, -0.2) is 21.2 Å². The van der Waals surface area contributed by atoms with Gasteiger partial charge in [0.2, 0.25) is 0 Å². The maximum atomic E-state index is 13.2. The van der Waals surface area contributed by atoms with Gasteiger partial charge in [0.15, 0.2) is 5.60 Å². The summed E-state index contributed by atoms with van der Waals surface area (Å²) < 4.78 is 4.73. The standard InChI is InChI=1S/C23H19N3O4/c1-15-20-12-18(9-10-19(20)21(27)30-26-15)25-22(28)23(29,17-8-5-11-24-14-17)13-16-6-3-2-4-7-16/h2-12,14,29H,13H2,1H3,(H,25,28). The molecule has 0 radical (unpaired) electrons. The van der Waals surface area contributed by atoms with Crippen molar-refractivity contribution in [2.75, 3.05) is 5.32 Å². The van der Waals surface area contributed by atoms with Crippen LogP contribution in [-0.2, 0) is 16.8 Å². The Morgan fingerprint density at radius 3 is 2.63 bits per heavy atom. The van der Waals surface area contributed by atoms with Crippen LogP contribution in [0.1, 0.15) is 16.8 Å². The zero-order valence-electron chi connectivity index (χ0n) is 16.2. The van der Waals surface area contributed by atoms with Crippen molar-refractivity contribution in [3.8, 4) is 0 Å². The Kier molecular flexibility index (Phi) is 5.12. The number of anilines is 1. The van der Waals surface area contributed by atoms with Gasteiger partial charge in [0.25, 0.3) is 5.91 Å². The first-order chi connectivity index (χ1) is 14.5. The van der Waals surface area contributed by atoms with Gasteiger partial charge in [0.05, 0.1) is 11.1 Å². The summed E-state index contributed by atoms with van der Waals surface area (Å²) in [6.07, 6.45) is 3.13. The summed E-state index contributed by atoms with van der Waals surface area (Å²) in [5, 5.41) is 18.9. The lowest BCUT2D eigenvalue weighted by Crippen LogP contribution is -2.42. The number of amides is 1. The molecular weight excluding hydrogens is 382 g/mol. The van der Waals surface area contributed by atoms with Crippen molar-refractivity contribution in [1.29, 1.82) is 0 Å². The zero-order chi connectivity index (χ0) is 21.1. The number of fused-ring (bicyclic) bond motifs is 1. The van der Waals surface area contributed by atoms with Crippen LogP contribution in [0.2, 0.25) is 0 Å². The summed E-state index contributed by atoms with van der Waals surface area (Å²) in [5.74, 6) is -0.604. The normalized spacial score (nSPS) is 13.0. The fraction of sp³-hybridized carbons (Fsp3) is 0.130. The molecule has 0 aliphatic rings. The molecule has 1 amide bonds. The van der Waals surface area contributed by atoms with Crippen LogP contribution in [0.4, 0.5) is 5.69 Å². The van der Waals surface area contributed by atoms with Gasteiger partial charge in [-0.3, -0.25) is 9.78 Å². The minimum absolute atomic E-state index is 0.0725. The van der Waals surface area contributed by atoms with Crippen LogP contribution in [0.3, 0.4) is 0 Å². The minimum atomic E-state index is -1.84. The van der Waals surface area contributed by atoms with Gasteiger partial charge < -0.3 is 14.9 Å². The van der Waals surface area contributed by atoms with E-state index >= 15 is 0 Å². The predicted molar refractivity (Wildman–Crippen MR) is 112 cm³/mol. The van der Waals surface area contributed by atoms with Gasteiger partial charge in [0.1, 0.15) is 0 Å². The molecule has 0 bridgehead atoms. The molecule has 30 heavy (non-hydrogen) atoms. The van der Waals surface area contributed by atoms with E-state index < -0.39 is 17.1 Å². The maximum absolute atomic E-state index is 13.2. The molecule has 0 saturated heterocycles. The van der Waals surface area contributed by atoms with E-state index in [4.69, 9.17) is 4.52 Å². The SMILES string of the molecule is Cc1noc(=O)c2ccc(NC(=O)C(O)(Cc3ccccc3)c3cccnc3)cc12. The third-order valence-electron chi connectivity index (χ3n) is 4.97. The number of aliphatic hydroxyl groups is 1. The second-order valence-electron chi connectivity index (χ2n) is 7.03. The third-order valence-corrected chi connectivity index (χ3v) is 4.97. The number of hydrogen-bond donors (Lipinski definition) is 2. The van der Waals surface area contributed by atoms with Crippen molar-refractivity contribution in [3.05, 3.63) is 100 Å². The second-order valence-corrected chi connectivity index (χ2v) is 7.03. The lowest BCUT2D eigenvalue weighted by Gasteiger charge is -2.27.